The summed E-state index contributed by atoms with van der Waals surface area (Å²) in [5, 5.41) is 2.63. The van der Waals surface area contributed by atoms with Crippen molar-refractivity contribution in [2.75, 3.05) is 0 Å². The Labute approximate surface area is 139 Å². The standard InChI is InChI=1S/C22H26N/c1-14(2)19-12-16(4)17(5)21(13-19)22-20-8-7-15(3)11-18(20)9-10-23(22)6/h7-14H,1-6H3/q+1. The lowest BCUT2D eigenvalue weighted by Crippen LogP contribution is -2.30. The molecule has 0 atom stereocenters. The molecule has 0 N–H and O–H groups in total. The Balaban J connectivity index is 2.39. The summed E-state index contributed by atoms with van der Waals surface area (Å²) in [4.78, 5) is 0. The highest BCUT2D eigenvalue weighted by atomic mass is 14.9. The number of hydrogen-bond donors (Lipinski definition) is 0. The molecular formula is C22H26N+. The van der Waals surface area contributed by atoms with Gasteiger partial charge in [-0.25, -0.2) is 4.57 Å². The van der Waals surface area contributed by atoms with Crippen LogP contribution in [0.3, 0.4) is 0 Å². The lowest BCUT2D eigenvalue weighted by Gasteiger charge is -2.14. The van der Waals surface area contributed by atoms with Gasteiger partial charge in [0.15, 0.2) is 6.20 Å². The predicted octanol–water partition coefficient (Wildman–Crippen LogP) is 5.38. The number of aryl methyl sites for hydroxylation is 3. The van der Waals surface area contributed by atoms with E-state index in [1.54, 1.807) is 0 Å². The van der Waals surface area contributed by atoms with Gasteiger partial charge in [0, 0.05) is 6.07 Å². The predicted molar refractivity (Wildman–Crippen MR) is 98.9 cm³/mol. The fourth-order valence-corrected chi connectivity index (χ4v) is 3.29. The molecule has 0 radical (unpaired) electrons. The van der Waals surface area contributed by atoms with Crippen molar-refractivity contribution < 1.29 is 4.57 Å². The lowest BCUT2D eigenvalue weighted by molar-refractivity contribution is -0.659. The highest BCUT2D eigenvalue weighted by Crippen LogP contribution is 2.32. The number of hydrogen-bond acceptors (Lipinski definition) is 0. The zero-order chi connectivity index (χ0) is 16.7. The molecule has 0 unspecified atom stereocenters. The summed E-state index contributed by atoms with van der Waals surface area (Å²) in [6.45, 7) is 11.1. The van der Waals surface area contributed by atoms with Crippen molar-refractivity contribution in [2.45, 2.75) is 40.5 Å². The minimum Gasteiger partial charge on any atom is -0.200 e. The third-order valence-electron chi connectivity index (χ3n) is 4.90. The monoisotopic (exact) mass is 304 g/mol. The Kier molecular flexibility index (Phi) is 3.97. The van der Waals surface area contributed by atoms with Crippen LogP contribution in [0.2, 0.25) is 0 Å². The van der Waals surface area contributed by atoms with E-state index in [-0.39, 0.29) is 0 Å². The summed E-state index contributed by atoms with van der Waals surface area (Å²) in [6.07, 6.45) is 2.17. The normalized spacial score (nSPS) is 11.4. The van der Waals surface area contributed by atoms with Crippen molar-refractivity contribution >= 4 is 10.8 Å². The summed E-state index contributed by atoms with van der Waals surface area (Å²) < 4.78 is 2.25. The van der Waals surface area contributed by atoms with E-state index in [1.165, 1.54) is 44.3 Å². The summed E-state index contributed by atoms with van der Waals surface area (Å²) in [5.74, 6) is 0.538. The van der Waals surface area contributed by atoms with Gasteiger partial charge in [0.1, 0.15) is 7.05 Å². The maximum atomic E-state index is 2.38. The van der Waals surface area contributed by atoms with Crippen LogP contribution >= 0.6 is 0 Å². The maximum absolute atomic E-state index is 2.38. The van der Waals surface area contributed by atoms with E-state index in [1.807, 2.05) is 0 Å². The molecule has 1 heterocycles. The maximum Gasteiger partial charge on any atom is 0.220 e. The molecule has 0 saturated carbocycles. The van der Waals surface area contributed by atoms with E-state index in [2.05, 4.69) is 88.8 Å². The van der Waals surface area contributed by atoms with Gasteiger partial charge in [-0.2, -0.15) is 0 Å². The van der Waals surface area contributed by atoms with Gasteiger partial charge in [-0.05, 0) is 60.9 Å². The molecule has 1 aromatic heterocycles. The molecular weight excluding hydrogens is 278 g/mol. The molecule has 0 amide bonds. The van der Waals surface area contributed by atoms with Crippen LogP contribution in [0.5, 0.6) is 0 Å². The first kappa shape index (κ1) is 15.7. The number of pyridine rings is 1. The van der Waals surface area contributed by atoms with Crippen molar-refractivity contribution in [3.8, 4) is 11.3 Å². The molecule has 0 spiro atoms. The molecule has 0 aliphatic rings. The summed E-state index contributed by atoms with van der Waals surface area (Å²) >= 11 is 0. The molecule has 1 heteroatoms. The molecule has 2 aromatic carbocycles. The Hall–Kier alpha value is -2.15. The molecule has 0 aliphatic carbocycles. The van der Waals surface area contributed by atoms with E-state index in [9.17, 15) is 0 Å². The van der Waals surface area contributed by atoms with Crippen LogP contribution in [0.15, 0.2) is 42.6 Å². The fourth-order valence-electron chi connectivity index (χ4n) is 3.29. The van der Waals surface area contributed by atoms with Crippen LogP contribution in [-0.4, -0.2) is 0 Å². The van der Waals surface area contributed by atoms with Crippen LogP contribution in [0.4, 0.5) is 0 Å². The van der Waals surface area contributed by atoms with Gasteiger partial charge in [0.25, 0.3) is 0 Å². The number of fused-ring (bicyclic) bond motifs is 1. The SMILES string of the molecule is Cc1ccc2c(-c3cc(C(C)C)cc(C)c3C)[n+](C)ccc2c1. The van der Waals surface area contributed by atoms with E-state index in [0.29, 0.717) is 5.92 Å². The number of aromatic nitrogens is 1. The largest absolute Gasteiger partial charge is 0.220 e. The van der Waals surface area contributed by atoms with Gasteiger partial charge < -0.3 is 0 Å². The Morgan fingerprint density at radius 1 is 0.913 bits per heavy atom. The third kappa shape index (κ3) is 2.76. The number of rotatable bonds is 2. The summed E-state index contributed by atoms with van der Waals surface area (Å²) in [6, 6.07) is 13.7. The van der Waals surface area contributed by atoms with Crippen molar-refractivity contribution in [1.82, 2.24) is 0 Å². The van der Waals surface area contributed by atoms with E-state index < -0.39 is 0 Å². The van der Waals surface area contributed by atoms with Crippen molar-refractivity contribution in [3.63, 3.8) is 0 Å². The van der Waals surface area contributed by atoms with Crippen molar-refractivity contribution in [2.24, 2.45) is 7.05 Å². The van der Waals surface area contributed by atoms with Gasteiger partial charge in [0.05, 0.1) is 10.9 Å². The van der Waals surface area contributed by atoms with Crippen LogP contribution in [0.25, 0.3) is 22.0 Å². The second-order valence-electron chi connectivity index (χ2n) is 7.03. The topological polar surface area (TPSA) is 3.88 Å². The number of benzene rings is 2. The molecule has 0 bridgehead atoms. The van der Waals surface area contributed by atoms with Crippen LogP contribution in [0.1, 0.15) is 42.0 Å². The minimum absolute atomic E-state index is 0.538. The lowest BCUT2D eigenvalue weighted by atomic mass is 9.91. The average Bonchev–Trinajstić information content (AvgIpc) is 2.50. The highest BCUT2D eigenvalue weighted by Gasteiger charge is 2.19. The molecule has 0 fully saturated rings. The Bertz CT molecular complexity index is 888. The Morgan fingerprint density at radius 2 is 1.65 bits per heavy atom. The van der Waals surface area contributed by atoms with E-state index in [0.717, 1.165) is 0 Å². The van der Waals surface area contributed by atoms with Gasteiger partial charge in [0.2, 0.25) is 5.69 Å². The third-order valence-corrected chi connectivity index (χ3v) is 4.90. The second kappa shape index (κ2) is 5.81. The molecule has 1 nitrogen and oxygen atoms in total. The van der Waals surface area contributed by atoms with Gasteiger partial charge >= 0.3 is 0 Å². The molecule has 0 saturated heterocycles. The van der Waals surface area contributed by atoms with Crippen molar-refractivity contribution in [1.29, 1.82) is 0 Å². The van der Waals surface area contributed by atoms with E-state index in [4.69, 9.17) is 0 Å². The quantitative estimate of drug-likeness (QED) is 0.560. The molecule has 0 aliphatic heterocycles. The summed E-state index contributed by atoms with van der Waals surface area (Å²) in [5.41, 5.74) is 8.12. The highest BCUT2D eigenvalue weighted by molar-refractivity contribution is 5.94. The smallest absolute Gasteiger partial charge is 0.200 e. The average molecular weight is 304 g/mol. The number of nitrogens with zero attached hydrogens (tertiary/aromatic N) is 1. The fraction of sp³-hybridized carbons (Fsp3) is 0.318. The van der Waals surface area contributed by atoms with Crippen LogP contribution < -0.4 is 4.57 Å². The second-order valence-corrected chi connectivity index (χ2v) is 7.03. The van der Waals surface area contributed by atoms with Crippen molar-refractivity contribution in [3.05, 3.63) is 64.8 Å². The van der Waals surface area contributed by atoms with Crippen LogP contribution in [0, 0.1) is 20.8 Å². The van der Waals surface area contributed by atoms with Gasteiger partial charge in [-0.1, -0.05) is 37.6 Å². The van der Waals surface area contributed by atoms with Crippen LogP contribution in [-0.2, 0) is 7.05 Å². The molecule has 118 valence electrons. The first-order valence-electron chi connectivity index (χ1n) is 8.39. The zero-order valence-corrected chi connectivity index (χ0v) is 15.1. The molecule has 3 aromatic rings. The van der Waals surface area contributed by atoms with E-state index >= 15 is 0 Å². The first-order chi connectivity index (χ1) is 10.9. The summed E-state index contributed by atoms with van der Waals surface area (Å²) in [7, 11) is 2.14. The minimum atomic E-state index is 0.538. The van der Waals surface area contributed by atoms with Gasteiger partial charge in [-0.15, -0.1) is 0 Å². The zero-order valence-electron chi connectivity index (χ0n) is 15.1. The molecule has 23 heavy (non-hydrogen) atoms. The Morgan fingerprint density at radius 3 is 2.35 bits per heavy atom. The first-order valence-corrected chi connectivity index (χ1v) is 8.39. The molecule has 3 rings (SSSR count). The van der Waals surface area contributed by atoms with Gasteiger partial charge in [-0.3, -0.25) is 0 Å².